The predicted octanol–water partition coefficient (Wildman–Crippen LogP) is 4.00. The fraction of sp³-hybridized carbons (Fsp3) is 0.278. The van der Waals surface area contributed by atoms with Crippen LogP contribution in [-0.2, 0) is 9.53 Å². The number of anilines is 1. The molecule has 6 nitrogen and oxygen atoms in total. The third-order valence-corrected chi connectivity index (χ3v) is 5.07. The molecule has 1 aromatic heterocycles. The van der Waals surface area contributed by atoms with Crippen molar-refractivity contribution in [2.75, 3.05) is 19.0 Å². The standard InChI is InChI=1S/C18H17ClN2O4S/c1-9-5-10(2)15(13(19)6-9)25-8-14(22)21-17-12(7-20)11(3)16(26-17)18(23)24-4/h5-6H,8H2,1-4H3,(H,21,22). The van der Waals surface area contributed by atoms with E-state index in [0.29, 0.717) is 16.3 Å². The molecule has 0 radical (unpaired) electrons. The molecule has 1 heterocycles. The van der Waals surface area contributed by atoms with E-state index in [1.807, 2.05) is 26.0 Å². The Kier molecular flexibility index (Phi) is 6.24. The van der Waals surface area contributed by atoms with Gasteiger partial charge in [0.1, 0.15) is 21.7 Å². The van der Waals surface area contributed by atoms with Crippen LogP contribution < -0.4 is 10.1 Å². The van der Waals surface area contributed by atoms with Crippen LogP contribution in [-0.4, -0.2) is 25.6 Å². The zero-order chi connectivity index (χ0) is 19.4. The number of carbonyl (C=O) groups is 2. The van der Waals surface area contributed by atoms with Crippen molar-refractivity contribution < 1.29 is 19.1 Å². The van der Waals surface area contributed by atoms with Gasteiger partial charge in [0, 0.05) is 0 Å². The van der Waals surface area contributed by atoms with E-state index in [2.05, 4.69) is 10.1 Å². The average Bonchev–Trinajstić information content (AvgIpc) is 2.88. The van der Waals surface area contributed by atoms with Crippen LogP contribution in [0, 0.1) is 32.1 Å². The molecule has 1 aromatic carbocycles. The van der Waals surface area contributed by atoms with Gasteiger partial charge in [0.25, 0.3) is 5.91 Å². The van der Waals surface area contributed by atoms with Crippen LogP contribution >= 0.6 is 22.9 Å². The monoisotopic (exact) mass is 392 g/mol. The fourth-order valence-corrected chi connectivity index (χ4v) is 3.88. The van der Waals surface area contributed by atoms with E-state index in [-0.39, 0.29) is 22.0 Å². The summed E-state index contributed by atoms with van der Waals surface area (Å²) < 4.78 is 10.2. The number of nitrogens with one attached hydrogen (secondary N) is 1. The molecule has 2 rings (SSSR count). The first kappa shape index (κ1) is 19.8. The molecular weight excluding hydrogens is 376 g/mol. The SMILES string of the molecule is COC(=O)c1sc(NC(=O)COc2c(C)cc(C)cc2Cl)c(C#N)c1C. The summed E-state index contributed by atoms with van der Waals surface area (Å²) in [5.74, 6) is -0.580. The van der Waals surface area contributed by atoms with Gasteiger partial charge in [0.2, 0.25) is 0 Å². The van der Waals surface area contributed by atoms with Crippen molar-refractivity contribution in [3.05, 3.63) is 44.3 Å². The van der Waals surface area contributed by atoms with E-state index in [0.717, 1.165) is 22.5 Å². The molecule has 0 spiro atoms. The molecule has 136 valence electrons. The van der Waals surface area contributed by atoms with Gasteiger partial charge in [-0.25, -0.2) is 4.79 Å². The van der Waals surface area contributed by atoms with E-state index in [1.165, 1.54) is 7.11 Å². The second kappa shape index (κ2) is 8.21. The number of amides is 1. The highest BCUT2D eigenvalue weighted by Gasteiger charge is 2.22. The maximum atomic E-state index is 12.2. The number of esters is 1. The van der Waals surface area contributed by atoms with Crippen molar-refractivity contribution in [1.29, 1.82) is 5.26 Å². The molecule has 0 aliphatic heterocycles. The molecule has 0 saturated carbocycles. The largest absolute Gasteiger partial charge is 0.482 e. The third kappa shape index (κ3) is 4.15. The molecule has 0 atom stereocenters. The van der Waals surface area contributed by atoms with Gasteiger partial charge in [0.15, 0.2) is 6.61 Å². The van der Waals surface area contributed by atoms with Crippen molar-refractivity contribution >= 4 is 39.8 Å². The van der Waals surface area contributed by atoms with Gasteiger partial charge < -0.3 is 14.8 Å². The van der Waals surface area contributed by atoms with Crippen LogP contribution in [0.25, 0.3) is 0 Å². The van der Waals surface area contributed by atoms with Crippen LogP contribution in [0.4, 0.5) is 5.00 Å². The smallest absolute Gasteiger partial charge is 0.348 e. The Labute approximate surface area is 160 Å². The summed E-state index contributed by atoms with van der Waals surface area (Å²) in [6.07, 6.45) is 0. The summed E-state index contributed by atoms with van der Waals surface area (Å²) in [4.78, 5) is 24.2. The van der Waals surface area contributed by atoms with Crippen molar-refractivity contribution in [3.63, 3.8) is 0 Å². The lowest BCUT2D eigenvalue weighted by Gasteiger charge is -2.11. The Hall–Kier alpha value is -2.56. The molecule has 0 aliphatic carbocycles. The number of nitrogens with zero attached hydrogens (tertiary/aromatic N) is 1. The van der Waals surface area contributed by atoms with Crippen molar-refractivity contribution in [2.45, 2.75) is 20.8 Å². The summed E-state index contributed by atoms with van der Waals surface area (Å²) >= 11 is 7.14. The summed E-state index contributed by atoms with van der Waals surface area (Å²) in [5.41, 5.74) is 2.51. The maximum Gasteiger partial charge on any atom is 0.348 e. The molecule has 26 heavy (non-hydrogen) atoms. The zero-order valence-corrected chi connectivity index (χ0v) is 16.3. The second-order valence-electron chi connectivity index (χ2n) is 5.59. The number of hydrogen-bond donors (Lipinski definition) is 1. The Morgan fingerprint density at radius 2 is 2.00 bits per heavy atom. The lowest BCUT2D eigenvalue weighted by atomic mass is 10.1. The number of rotatable bonds is 5. The van der Waals surface area contributed by atoms with Gasteiger partial charge in [0.05, 0.1) is 17.7 Å². The van der Waals surface area contributed by atoms with Crippen molar-refractivity contribution in [1.82, 2.24) is 0 Å². The first-order valence-corrected chi connectivity index (χ1v) is 8.79. The topological polar surface area (TPSA) is 88.4 Å². The second-order valence-corrected chi connectivity index (χ2v) is 7.02. The van der Waals surface area contributed by atoms with E-state index in [1.54, 1.807) is 13.0 Å². The first-order valence-electron chi connectivity index (χ1n) is 7.59. The average molecular weight is 393 g/mol. The normalized spacial score (nSPS) is 10.2. The van der Waals surface area contributed by atoms with Gasteiger partial charge in [-0.2, -0.15) is 5.26 Å². The lowest BCUT2D eigenvalue weighted by Crippen LogP contribution is -2.20. The number of ether oxygens (including phenoxy) is 2. The summed E-state index contributed by atoms with van der Waals surface area (Å²) in [5, 5.41) is 12.6. The van der Waals surface area contributed by atoms with E-state index < -0.39 is 11.9 Å². The molecule has 1 N–H and O–H groups in total. The summed E-state index contributed by atoms with van der Waals surface area (Å²) in [6, 6.07) is 5.64. The van der Waals surface area contributed by atoms with Crippen molar-refractivity contribution in [2.24, 2.45) is 0 Å². The Morgan fingerprint density at radius 3 is 2.58 bits per heavy atom. The van der Waals surface area contributed by atoms with E-state index >= 15 is 0 Å². The quantitative estimate of drug-likeness (QED) is 0.777. The van der Waals surface area contributed by atoms with Gasteiger partial charge >= 0.3 is 5.97 Å². The highest BCUT2D eigenvalue weighted by atomic mass is 35.5. The minimum Gasteiger partial charge on any atom is -0.482 e. The van der Waals surface area contributed by atoms with E-state index in [9.17, 15) is 14.9 Å². The van der Waals surface area contributed by atoms with Crippen LogP contribution in [0.3, 0.4) is 0 Å². The van der Waals surface area contributed by atoms with Crippen LogP contribution in [0.2, 0.25) is 5.02 Å². The zero-order valence-electron chi connectivity index (χ0n) is 14.7. The van der Waals surface area contributed by atoms with Gasteiger partial charge in [-0.15, -0.1) is 11.3 Å². The number of hydrogen-bond acceptors (Lipinski definition) is 6. The van der Waals surface area contributed by atoms with Gasteiger partial charge in [-0.05, 0) is 43.5 Å². The lowest BCUT2D eigenvalue weighted by molar-refractivity contribution is -0.118. The number of thiophene rings is 1. The molecule has 0 aliphatic rings. The molecular formula is C18H17ClN2O4S. The first-order chi connectivity index (χ1) is 12.3. The Balaban J connectivity index is 2.14. The van der Waals surface area contributed by atoms with Crippen LogP contribution in [0.5, 0.6) is 5.75 Å². The van der Waals surface area contributed by atoms with Crippen LogP contribution in [0.1, 0.15) is 31.9 Å². The summed E-state index contributed by atoms with van der Waals surface area (Å²) in [7, 11) is 1.26. The molecule has 2 aromatic rings. The third-order valence-electron chi connectivity index (χ3n) is 3.60. The molecule has 1 amide bonds. The minimum atomic E-state index is -0.553. The molecule has 0 bridgehead atoms. The molecule has 0 fully saturated rings. The Morgan fingerprint density at radius 1 is 1.31 bits per heavy atom. The van der Waals surface area contributed by atoms with E-state index in [4.69, 9.17) is 16.3 Å². The Bertz CT molecular complexity index is 892. The van der Waals surface area contributed by atoms with Crippen LogP contribution in [0.15, 0.2) is 12.1 Å². The number of aryl methyl sites for hydroxylation is 2. The fourth-order valence-electron chi connectivity index (χ4n) is 2.41. The number of nitriles is 1. The van der Waals surface area contributed by atoms with Gasteiger partial charge in [-0.1, -0.05) is 17.7 Å². The minimum absolute atomic E-state index is 0.230. The number of benzene rings is 1. The predicted molar refractivity (Wildman–Crippen MR) is 100 cm³/mol. The maximum absolute atomic E-state index is 12.2. The molecule has 8 heteroatoms. The number of carbonyl (C=O) groups excluding carboxylic acids is 2. The summed E-state index contributed by atoms with van der Waals surface area (Å²) in [6.45, 7) is 5.10. The number of halogens is 1. The molecule has 0 unspecified atom stereocenters. The highest BCUT2D eigenvalue weighted by molar-refractivity contribution is 7.18. The molecule has 0 saturated heterocycles. The highest BCUT2D eigenvalue weighted by Crippen LogP contribution is 2.33. The van der Waals surface area contributed by atoms with Crippen molar-refractivity contribution in [3.8, 4) is 11.8 Å². The number of methoxy groups -OCH3 is 1. The van der Waals surface area contributed by atoms with Gasteiger partial charge in [-0.3, -0.25) is 4.79 Å².